The second kappa shape index (κ2) is 7.23. The van der Waals surface area contributed by atoms with Crippen LogP contribution in [0.5, 0.6) is 0 Å². The lowest BCUT2D eigenvalue weighted by Crippen LogP contribution is -2.03. The van der Waals surface area contributed by atoms with Gasteiger partial charge in [0.2, 0.25) is 0 Å². The molecule has 1 aromatic carbocycles. The lowest BCUT2D eigenvalue weighted by atomic mass is 9.96. The molecule has 1 aromatic rings. The van der Waals surface area contributed by atoms with E-state index in [1.54, 1.807) is 0 Å². The second-order valence-electron chi connectivity index (χ2n) is 5.82. The summed E-state index contributed by atoms with van der Waals surface area (Å²) in [6, 6.07) is 8.92. The van der Waals surface area contributed by atoms with Gasteiger partial charge in [-0.1, -0.05) is 43.5 Å². The number of hydrogen-bond acceptors (Lipinski definition) is 2. The quantitative estimate of drug-likeness (QED) is 0.612. The molecule has 3 nitrogen and oxygen atoms in total. The first-order valence-corrected chi connectivity index (χ1v) is 9.19. The van der Waals surface area contributed by atoms with E-state index >= 15 is 0 Å². The minimum Gasteiger partial charge on any atom is -0.286 e. The number of rotatable bonds is 7. The summed E-state index contributed by atoms with van der Waals surface area (Å²) in [5, 5.41) is 0. The fraction of sp³-hybridized carbons (Fsp3) is 0.625. The fourth-order valence-electron chi connectivity index (χ4n) is 3.01. The van der Waals surface area contributed by atoms with Crippen LogP contribution >= 0.6 is 0 Å². The van der Waals surface area contributed by atoms with Crippen LogP contribution in [0.4, 0.5) is 0 Å². The summed E-state index contributed by atoms with van der Waals surface area (Å²) < 4.78 is 29.8. The molecule has 0 radical (unpaired) electrons. The Morgan fingerprint density at radius 3 is 2.25 bits per heavy atom. The standard InChI is InChI=1S/C16H24O3S/c17-20(18,19)13-5-1-2-6-14-9-11-16(12-10-14)15-7-3-4-8-15/h9-12,15H,1-8,13H2,(H,17,18,19). The van der Waals surface area contributed by atoms with Crippen molar-refractivity contribution in [3.8, 4) is 0 Å². The van der Waals surface area contributed by atoms with Gasteiger partial charge in [0, 0.05) is 0 Å². The second-order valence-corrected chi connectivity index (χ2v) is 7.39. The molecule has 1 aliphatic carbocycles. The van der Waals surface area contributed by atoms with Crippen LogP contribution in [0.15, 0.2) is 24.3 Å². The zero-order chi connectivity index (χ0) is 14.4. The smallest absolute Gasteiger partial charge is 0.264 e. The van der Waals surface area contributed by atoms with E-state index in [-0.39, 0.29) is 5.75 Å². The van der Waals surface area contributed by atoms with Gasteiger partial charge in [0.25, 0.3) is 10.1 Å². The van der Waals surface area contributed by atoms with Crippen LogP contribution in [0, 0.1) is 0 Å². The fourth-order valence-corrected chi connectivity index (χ4v) is 3.57. The average molecular weight is 296 g/mol. The maximum Gasteiger partial charge on any atom is 0.264 e. The van der Waals surface area contributed by atoms with Gasteiger partial charge in [-0.05, 0) is 49.1 Å². The van der Waals surface area contributed by atoms with E-state index in [1.165, 1.54) is 36.8 Å². The van der Waals surface area contributed by atoms with E-state index in [4.69, 9.17) is 4.55 Å². The molecule has 0 aromatic heterocycles. The highest BCUT2D eigenvalue weighted by molar-refractivity contribution is 7.85. The molecule has 0 amide bonds. The van der Waals surface area contributed by atoms with Gasteiger partial charge >= 0.3 is 0 Å². The molecule has 20 heavy (non-hydrogen) atoms. The van der Waals surface area contributed by atoms with Crippen molar-refractivity contribution in [3.05, 3.63) is 35.4 Å². The molecule has 0 saturated heterocycles. The lowest BCUT2D eigenvalue weighted by Gasteiger charge is -2.10. The van der Waals surface area contributed by atoms with Crippen LogP contribution < -0.4 is 0 Å². The number of hydrogen-bond donors (Lipinski definition) is 1. The summed E-state index contributed by atoms with van der Waals surface area (Å²) in [5.74, 6) is 0.645. The Labute approximate surface area is 122 Å². The Morgan fingerprint density at radius 1 is 1.00 bits per heavy atom. The maximum atomic E-state index is 10.6. The Morgan fingerprint density at radius 2 is 1.65 bits per heavy atom. The SMILES string of the molecule is O=S(=O)(O)CCCCCc1ccc(C2CCCC2)cc1. The third-order valence-electron chi connectivity index (χ3n) is 4.17. The molecular weight excluding hydrogens is 272 g/mol. The Hall–Kier alpha value is -0.870. The first-order valence-electron chi connectivity index (χ1n) is 7.58. The van der Waals surface area contributed by atoms with E-state index in [1.807, 2.05) is 0 Å². The van der Waals surface area contributed by atoms with Gasteiger partial charge in [0.1, 0.15) is 0 Å². The molecule has 0 atom stereocenters. The Balaban J connectivity index is 1.71. The number of aryl methyl sites for hydroxylation is 1. The van der Waals surface area contributed by atoms with Crippen molar-refractivity contribution in [1.29, 1.82) is 0 Å². The molecule has 2 rings (SSSR count). The molecule has 0 bridgehead atoms. The van der Waals surface area contributed by atoms with Crippen LogP contribution in [0.25, 0.3) is 0 Å². The zero-order valence-electron chi connectivity index (χ0n) is 11.9. The van der Waals surface area contributed by atoms with Gasteiger partial charge in [-0.25, -0.2) is 0 Å². The third-order valence-corrected chi connectivity index (χ3v) is 4.98. The maximum absolute atomic E-state index is 10.6. The van der Waals surface area contributed by atoms with Crippen LogP contribution in [-0.4, -0.2) is 18.7 Å². The molecule has 4 heteroatoms. The molecule has 1 fully saturated rings. The molecule has 0 heterocycles. The number of unbranched alkanes of at least 4 members (excludes halogenated alkanes) is 2. The van der Waals surface area contributed by atoms with Crippen molar-refractivity contribution >= 4 is 10.1 Å². The summed E-state index contributed by atoms with van der Waals surface area (Å²) in [5.41, 5.74) is 2.79. The molecule has 0 spiro atoms. The Bertz CT molecular complexity index is 499. The molecule has 0 unspecified atom stereocenters. The number of benzene rings is 1. The molecule has 1 aliphatic rings. The molecule has 0 aliphatic heterocycles. The van der Waals surface area contributed by atoms with Crippen LogP contribution in [-0.2, 0) is 16.5 Å². The molecular formula is C16H24O3S. The van der Waals surface area contributed by atoms with E-state index in [0.29, 0.717) is 6.42 Å². The molecule has 1 N–H and O–H groups in total. The van der Waals surface area contributed by atoms with E-state index in [9.17, 15) is 8.42 Å². The van der Waals surface area contributed by atoms with E-state index in [2.05, 4.69) is 24.3 Å². The van der Waals surface area contributed by atoms with E-state index in [0.717, 1.165) is 25.2 Å². The van der Waals surface area contributed by atoms with Crippen molar-refractivity contribution in [2.75, 3.05) is 5.75 Å². The highest BCUT2D eigenvalue weighted by Crippen LogP contribution is 2.34. The highest BCUT2D eigenvalue weighted by Gasteiger charge is 2.16. The summed E-state index contributed by atoms with van der Waals surface area (Å²) in [7, 11) is -3.78. The van der Waals surface area contributed by atoms with Crippen LogP contribution in [0.3, 0.4) is 0 Å². The molecule has 1 saturated carbocycles. The van der Waals surface area contributed by atoms with Gasteiger partial charge in [-0.3, -0.25) is 4.55 Å². The Kier molecular flexibility index (Phi) is 5.61. The summed E-state index contributed by atoms with van der Waals surface area (Å²) in [6.07, 6.45) is 8.71. The topological polar surface area (TPSA) is 54.4 Å². The zero-order valence-corrected chi connectivity index (χ0v) is 12.7. The highest BCUT2D eigenvalue weighted by atomic mass is 32.2. The van der Waals surface area contributed by atoms with Gasteiger partial charge in [-0.2, -0.15) is 8.42 Å². The third kappa shape index (κ3) is 5.25. The van der Waals surface area contributed by atoms with Crippen molar-refractivity contribution in [2.24, 2.45) is 0 Å². The summed E-state index contributed by atoms with van der Waals surface area (Å²) in [6.45, 7) is 0. The lowest BCUT2D eigenvalue weighted by molar-refractivity contribution is 0.479. The van der Waals surface area contributed by atoms with Gasteiger partial charge in [-0.15, -0.1) is 0 Å². The van der Waals surface area contributed by atoms with Crippen molar-refractivity contribution in [3.63, 3.8) is 0 Å². The van der Waals surface area contributed by atoms with Gasteiger partial charge < -0.3 is 0 Å². The van der Waals surface area contributed by atoms with Crippen molar-refractivity contribution < 1.29 is 13.0 Å². The normalized spacial score (nSPS) is 16.6. The predicted molar refractivity (Wildman–Crippen MR) is 81.6 cm³/mol. The van der Waals surface area contributed by atoms with Crippen LogP contribution in [0.1, 0.15) is 62.0 Å². The average Bonchev–Trinajstić information content (AvgIpc) is 2.92. The monoisotopic (exact) mass is 296 g/mol. The summed E-state index contributed by atoms with van der Waals surface area (Å²) in [4.78, 5) is 0. The minimum atomic E-state index is -3.78. The predicted octanol–water partition coefficient (Wildman–Crippen LogP) is 3.94. The summed E-state index contributed by atoms with van der Waals surface area (Å²) >= 11 is 0. The van der Waals surface area contributed by atoms with Gasteiger partial charge in [0.15, 0.2) is 0 Å². The van der Waals surface area contributed by atoms with Gasteiger partial charge in [0.05, 0.1) is 5.75 Å². The van der Waals surface area contributed by atoms with E-state index < -0.39 is 10.1 Å². The molecule has 112 valence electrons. The first kappa shape index (κ1) is 15.5. The van der Waals surface area contributed by atoms with Crippen LogP contribution in [0.2, 0.25) is 0 Å². The first-order chi connectivity index (χ1) is 9.54. The van der Waals surface area contributed by atoms with Crippen molar-refractivity contribution in [1.82, 2.24) is 0 Å². The largest absolute Gasteiger partial charge is 0.286 e. The van der Waals surface area contributed by atoms with Crippen molar-refractivity contribution in [2.45, 2.75) is 57.3 Å². The minimum absolute atomic E-state index is 0.117.